The molecule has 0 fully saturated rings. The van der Waals surface area contributed by atoms with E-state index in [9.17, 15) is 9.13 Å². The van der Waals surface area contributed by atoms with Gasteiger partial charge in [-0.2, -0.15) is 0 Å². The molecule has 0 aliphatic heterocycles. The third-order valence-electron chi connectivity index (χ3n) is 4.02. The van der Waals surface area contributed by atoms with Crippen molar-refractivity contribution in [3.8, 4) is 0 Å². The predicted octanol–water partition coefficient (Wildman–Crippen LogP) is 9.67. The molecule has 0 aliphatic rings. The lowest BCUT2D eigenvalue weighted by Crippen LogP contribution is -2.33. The number of rotatable bonds is 15. The topological polar surface area (TPSA) is 61.8 Å². The van der Waals surface area contributed by atoms with Crippen LogP contribution in [0.2, 0.25) is 58.9 Å². The van der Waals surface area contributed by atoms with Crippen molar-refractivity contribution in [3.05, 3.63) is 23.3 Å². The van der Waals surface area contributed by atoms with Crippen molar-refractivity contribution in [3.63, 3.8) is 0 Å². The van der Waals surface area contributed by atoms with Gasteiger partial charge in [-0.1, -0.05) is 23.3 Å². The molecule has 0 heterocycles. The first-order valence-corrected chi connectivity index (χ1v) is 24.8. The second kappa shape index (κ2) is 13.4. The van der Waals surface area contributed by atoms with Gasteiger partial charge in [0.05, 0.1) is 0 Å². The third kappa shape index (κ3) is 16.1. The number of allylic oxidation sites excluding steroid dienone is 4. The van der Waals surface area contributed by atoms with E-state index in [1.807, 2.05) is 58.9 Å². The first-order valence-electron chi connectivity index (χ1n) is 11.7. The van der Waals surface area contributed by atoms with Gasteiger partial charge in [0.15, 0.2) is 16.6 Å². The van der Waals surface area contributed by atoms with Crippen LogP contribution in [0.15, 0.2) is 23.3 Å². The zero-order valence-corrected chi connectivity index (χ0v) is 27.5. The quantitative estimate of drug-likeness (QED) is 0.0897. The molecular formula is C22H49O5P2Si3+. The molecule has 0 N–H and O–H groups in total. The Labute approximate surface area is 202 Å². The van der Waals surface area contributed by atoms with Gasteiger partial charge in [-0.15, -0.1) is 0 Å². The zero-order valence-electron chi connectivity index (χ0n) is 22.7. The molecule has 0 saturated heterocycles. The molecule has 0 aromatic heterocycles. The van der Waals surface area contributed by atoms with Gasteiger partial charge in [0.25, 0.3) is 13.7 Å². The molecule has 0 spiro atoms. The molecule has 5 nitrogen and oxygen atoms in total. The molecule has 32 heavy (non-hydrogen) atoms. The highest BCUT2D eigenvalue weighted by atomic mass is 31.2. The monoisotopic (exact) mass is 539 g/mol. The van der Waals surface area contributed by atoms with E-state index in [1.54, 1.807) is 0 Å². The highest BCUT2D eigenvalue weighted by Crippen LogP contribution is 2.66. The first-order chi connectivity index (χ1) is 14.2. The van der Waals surface area contributed by atoms with Crippen LogP contribution < -0.4 is 0 Å². The minimum atomic E-state index is -3.60. The fraction of sp³-hybridized carbons (Fsp3) is 0.818. The van der Waals surface area contributed by atoms with Gasteiger partial charge in [-0.05, 0) is 110 Å². The van der Waals surface area contributed by atoms with E-state index in [2.05, 4.69) is 32.9 Å². The second-order valence-corrected chi connectivity index (χ2v) is 29.9. The zero-order chi connectivity index (χ0) is 25.4. The highest BCUT2D eigenvalue weighted by molar-refractivity contribution is 7.69. The smallest absolute Gasteiger partial charge is 0.348 e. The predicted molar refractivity (Wildman–Crippen MR) is 149 cm³/mol. The third-order valence-corrected chi connectivity index (χ3v) is 16.5. The first kappa shape index (κ1) is 32.3. The Kier molecular flexibility index (Phi) is 13.6. The summed E-state index contributed by atoms with van der Waals surface area (Å²) in [6, 6.07) is 0. The largest absolute Gasteiger partial charge is 0.512 e. The van der Waals surface area contributed by atoms with Crippen molar-refractivity contribution < 1.29 is 21.8 Å². The Morgan fingerprint density at radius 3 is 1.75 bits per heavy atom. The van der Waals surface area contributed by atoms with Gasteiger partial charge in [0.1, 0.15) is 0 Å². The Balaban J connectivity index is 5.63. The van der Waals surface area contributed by atoms with Crippen molar-refractivity contribution in [1.29, 1.82) is 0 Å². The average molecular weight is 540 g/mol. The van der Waals surface area contributed by atoms with Crippen LogP contribution >= 0.6 is 15.6 Å². The molecule has 0 saturated carbocycles. The van der Waals surface area contributed by atoms with Crippen molar-refractivity contribution in [1.82, 2.24) is 0 Å². The van der Waals surface area contributed by atoms with Crippen LogP contribution in [0.3, 0.4) is 0 Å². The summed E-state index contributed by atoms with van der Waals surface area (Å²) in [7, 11) is -12.2. The standard InChI is InChI=1S/C22H49O5P2Si3/c1-20(2)16-15-18-21(3)17-13-14-19-22(28(23)25-30(4,5)6)29(24,26-31(7,8)9)27-32(10,11)12/h16-17,22H,13-15,18-19H2,1-12H3/q+1/b21-17+. The maximum atomic E-state index is 14.2. The van der Waals surface area contributed by atoms with Crippen LogP contribution in [0.25, 0.3) is 0 Å². The molecule has 10 heteroatoms. The van der Waals surface area contributed by atoms with Gasteiger partial charge < -0.3 is 8.43 Å². The normalized spacial score (nSPS) is 15.5. The van der Waals surface area contributed by atoms with Gasteiger partial charge in [-0.25, -0.2) is 4.21 Å². The Hall–Kier alpha value is 0.341. The summed E-state index contributed by atoms with van der Waals surface area (Å²) in [5, 5.41) is -0.720. The molecule has 0 aliphatic carbocycles. The van der Waals surface area contributed by atoms with E-state index in [0.717, 1.165) is 25.7 Å². The number of unbranched alkanes of at least 4 members (excludes halogenated alkanes) is 1. The lowest BCUT2D eigenvalue weighted by atomic mass is 10.1. The van der Waals surface area contributed by atoms with Gasteiger partial charge in [-0.3, -0.25) is 4.57 Å². The maximum Gasteiger partial charge on any atom is 0.512 e. The fourth-order valence-corrected chi connectivity index (χ4v) is 16.3. The second-order valence-electron chi connectivity index (χ2n) is 11.7. The number of hydrogen-bond donors (Lipinski definition) is 0. The summed E-state index contributed by atoms with van der Waals surface area (Å²) in [6.07, 6.45) is 8.71. The average Bonchev–Trinajstić information content (AvgIpc) is 2.48. The Morgan fingerprint density at radius 2 is 1.34 bits per heavy atom. The summed E-state index contributed by atoms with van der Waals surface area (Å²) in [5.74, 6) is 0. The van der Waals surface area contributed by atoms with Crippen LogP contribution in [-0.2, 0) is 21.8 Å². The highest BCUT2D eigenvalue weighted by Gasteiger charge is 2.55. The van der Waals surface area contributed by atoms with E-state index >= 15 is 0 Å². The molecule has 0 aromatic carbocycles. The van der Waals surface area contributed by atoms with E-state index in [-0.39, 0.29) is 0 Å². The molecule has 2 unspecified atom stereocenters. The summed E-state index contributed by atoms with van der Waals surface area (Å²) < 4.78 is 45.8. The Bertz CT molecular complexity index is 693. The van der Waals surface area contributed by atoms with Crippen molar-refractivity contribution in [2.75, 3.05) is 0 Å². The van der Waals surface area contributed by atoms with Gasteiger partial charge in [0.2, 0.25) is 0 Å². The van der Waals surface area contributed by atoms with E-state index in [0.29, 0.717) is 6.42 Å². The van der Waals surface area contributed by atoms with Crippen LogP contribution in [0.1, 0.15) is 52.9 Å². The molecule has 188 valence electrons. The molecule has 0 amide bonds. The fourth-order valence-electron chi connectivity index (χ4n) is 2.95. The summed E-state index contributed by atoms with van der Waals surface area (Å²) in [4.78, 5) is 0. The van der Waals surface area contributed by atoms with Crippen LogP contribution in [0.5, 0.6) is 0 Å². The van der Waals surface area contributed by atoms with Crippen molar-refractivity contribution in [2.24, 2.45) is 0 Å². The molecule has 0 bridgehead atoms. The molecule has 0 radical (unpaired) electrons. The molecule has 0 aromatic rings. The molecule has 0 rings (SSSR count). The molecule has 2 atom stereocenters. The van der Waals surface area contributed by atoms with Crippen LogP contribution in [-0.4, -0.2) is 30.4 Å². The summed E-state index contributed by atoms with van der Waals surface area (Å²) in [5.41, 5.74) is 2.69. The maximum absolute atomic E-state index is 14.2. The van der Waals surface area contributed by atoms with E-state index < -0.39 is 46.0 Å². The lowest BCUT2D eigenvalue weighted by Gasteiger charge is -2.32. The van der Waals surface area contributed by atoms with Crippen molar-refractivity contribution >= 4 is 40.6 Å². The van der Waals surface area contributed by atoms with E-state index in [4.69, 9.17) is 12.6 Å². The van der Waals surface area contributed by atoms with Gasteiger partial charge >= 0.3 is 15.6 Å². The lowest BCUT2D eigenvalue weighted by molar-refractivity contribution is 0.372. The number of hydrogen-bond acceptors (Lipinski definition) is 5. The van der Waals surface area contributed by atoms with E-state index in [1.165, 1.54) is 11.1 Å². The van der Waals surface area contributed by atoms with Crippen LogP contribution in [0.4, 0.5) is 0 Å². The molecular weight excluding hydrogens is 490 g/mol. The SMILES string of the molecule is CC(C)=CCC/C(C)=C/CCCC([P+](=O)O[Si](C)(C)C)P(=O)(O[Si](C)(C)C)O[Si](C)(C)C. The summed E-state index contributed by atoms with van der Waals surface area (Å²) in [6.45, 7) is 24.4. The summed E-state index contributed by atoms with van der Waals surface area (Å²) >= 11 is 0. The van der Waals surface area contributed by atoms with Crippen LogP contribution in [0, 0.1) is 0 Å². The minimum Gasteiger partial charge on any atom is -0.348 e. The minimum absolute atomic E-state index is 0.504. The van der Waals surface area contributed by atoms with Gasteiger partial charge in [0, 0.05) is 6.42 Å². The Morgan fingerprint density at radius 1 is 0.844 bits per heavy atom. The van der Waals surface area contributed by atoms with Crippen molar-refractivity contribution in [2.45, 2.75) is 117 Å².